The molecule has 0 bridgehead atoms. The van der Waals surface area contributed by atoms with Crippen molar-refractivity contribution in [1.29, 1.82) is 0 Å². The van der Waals surface area contributed by atoms with Gasteiger partial charge in [0.15, 0.2) is 0 Å². The van der Waals surface area contributed by atoms with E-state index in [0.29, 0.717) is 12.0 Å². The molecule has 2 aromatic rings. The van der Waals surface area contributed by atoms with Gasteiger partial charge in [0.2, 0.25) is 0 Å². The standard InChI is InChI=1S/C15H18F3N3S/c1-10-13(22-11(2)21-10)5-8-20-14(15(16,17)18)9-12-3-6-19-7-4-12/h3-4,6-7,14,20H,5,8-9H2,1-2H3/t14-/m0/s1. The number of hydrogen-bond acceptors (Lipinski definition) is 4. The molecule has 3 nitrogen and oxygen atoms in total. The summed E-state index contributed by atoms with van der Waals surface area (Å²) >= 11 is 1.54. The highest BCUT2D eigenvalue weighted by Gasteiger charge is 2.39. The number of halogens is 3. The van der Waals surface area contributed by atoms with Gasteiger partial charge in [-0.15, -0.1) is 11.3 Å². The van der Waals surface area contributed by atoms with Gasteiger partial charge in [-0.1, -0.05) is 0 Å². The first-order chi connectivity index (χ1) is 10.4. The quantitative estimate of drug-likeness (QED) is 0.882. The second-order valence-corrected chi connectivity index (χ2v) is 6.39. The fourth-order valence-electron chi connectivity index (χ4n) is 2.22. The fraction of sp³-hybridized carbons (Fsp3) is 0.467. The molecule has 7 heteroatoms. The molecule has 22 heavy (non-hydrogen) atoms. The summed E-state index contributed by atoms with van der Waals surface area (Å²) in [6, 6.07) is 1.66. The number of aryl methyl sites for hydroxylation is 2. The van der Waals surface area contributed by atoms with E-state index in [1.807, 2.05) is 13.8 Å². The second-order valence-electron chi connectivity index (χ2n) is 5.10. The van der Waals surface area contributed by atoms with E-state index in [-0.39, 0.29) is 13.0 Å². The van der Waals surface area contributed by atoms with Crippen LogP contribution in [0.1, 0.15) is 21.1 Å². The van der Waals surface area contributed by atoms with Crippen molar-refractivity contribution in [3.63, 3.8) is 0 Å². The first kappa shape index (κ1) is 16.9. The van der Waals surface area contributed by atoms with E-state index in [4.69, 9.17) is 0 Å². The molecular formula is C15H18F3N3S. The Labute approximate surface area is 131 Å². The van der Waals surface area contributed by atoms with Crippen molar-refractivity contribution >= 4 is 11.3 Å². The van der Waals surface area contributed by atoms with Gasteiger partial charge in [-0.3, -0.25) is 4.98 Å². The Morgan fingerprint density at radius 1 is 1.23 bits per heavy atom. The van der Waals surface area contributed by atoms with Crippen LogP contribution in [-0.4, -0.2) is 28.7 Å². The molecule has 0 saturated heterocycles. The highest BCUT2D eigenvalue weighted by atomic mass is 32.1. The van der Waals surface area contributed by atoms with Crippen molar-refractivity contribution in [3.8, 4) is 0 Å². The number of rotatable bonds is 6. The van der Waals surface area contributed by atoms with Crippen LogP contribution in [0.3, 0.4) is 0 Å². The van der Waals surface area contributed by atoms with Gasteiger partial charge in [0.05, 0.1) is 10.7 Å². The minimum absolute atomic E-state index is 0.0906. The zero-order valence-corrected chi connectivity index (χ0v) is 13.3. The largest absolute Gasteiger partial charge is 0.404 e. The Bertz CT molecular complexity index is 596. The molecule has 0 aliphatic rings. The van der Waals surface area contributed by atoms with Crippen LogP contribution < -0.4 is 5.32 Å². The van der Waals surface area contributed by atoms with Gasteiger partial charge in [-0.25, -0.2) is 4.98 Å². The molecule has 0 amide bonds. The predicted molar refractivity (Wildman–Crippen MR) is 81.1 cm³/mol. The lowest BCUT2D eigenvalue weighted by Gasteiger charge is -2.21. The van der Waals surface area contributed by atoms with Gasteiger partial charge < -0.3 is 5.32 Å². The van der Waals surface area contributed by atoms with Crippen LogP contribution in [0.5, 0.6) is 0 Å². The smallest absolute Gasteiger partial charge is 0.306 e. The fourth-order valence-corrected chi connectivity index (χ4v) is 3.16. The van der Waals surface area contributed by atoms with Gasteiger partial charge >= 0.3 is 6.18 Å². The topological polar surface area (TPSA) is 37.8 Å². The van der Waals surface area contributed by atoms with Crippen LogP contribution in [0.25, 0.3) is 0 Å². The molecule has 0 spiro atoms. The molecule has 0 unspecified atom stereocenters. The van der Waals surface area contributed by atoms with Gasteiger partial charge in [0.25, 0.3) is 0 Å². The Morgan fingerprint density at radius 2 is 1.91 bits per heavy atom. The molecule has 2 rings (SSSR count). The monoisotopic (exact) mass is 329 g/mol. The number of nitrogens with zero attached hydrogens (tertiary/aromatic N) is 2. The van der Waals surface area contributed by atoms with Gasteiger partial charge in [0.1, 0.15) is 6.04 Å². The van der Waals surface area contributed by atoms with E-state index in [2.05, 4.69) is 15.3 Å². The molecule has 0 aliphatic heterocycles. The van der Waals surface area contributed by atoms with Crippen molar-refractivity contribution in [2.45, 2.75) is 38.9 Å². The molecule has 1 N–H and O–H groups in total. The van der Waals surface area contributed by atoms with E-state index < -0.39 is 12.2 Å². The number of aromatic nitrogens is 2. The van der Waals surface area contributed by atoms with Crippen LogP contribution in [0, 0.1) is 13.8 Å². The number of nitrogens with one attached hydrogen (secondary N) is 1. The predicted octanol–water partition coefficient (Wildman–Crippen LogP) is 3.46. The minimum atomic E-state index is -4.28. The molecule has 2 aromatic heterocycles. The lowest BCUT2D eigenvalue weighted by Crippen LogP contribution is -2.44. The molecule has 2 heterocycles. The lowest BCUT2D eigenvalue weighted by molar-refractivity contribution is -0.155. The SMILES string of the molecule is Cc1nc(C)c(CCN[C@@H](Cc2ccncc2)C(F)(F)F)s1. The van der Waals surface area contributed by atoms with Crippen molar-refractivity contribution in [2.24, 2.45) is 0 Å². The van der Waals surface area contributed by atoms with Gasteiger partial charge in [-0.2, -0.15) is 13.2 Å². The van der Waals surface area contributed by atoms with Crippen LogP contribution in [-0.2, 0) is 12.8 Å². The van der Waals surface area contributed by atoms with Crippen molar-refractivity contribution in [3.05, 3.63) is 45.7 Å². The third kappa shape index (κ3) is 4.78. The molecule has 0 saturated carbocycles. The molecule has 0 fully saturated rings. The summed E-state index contributed by atoms with van der Waals surface area (Å²) < 4.78 is 39.4. The zero-order chi connectivity index (χ0) is 16.2. The number of pyridine rings is 1. The summed E-state index contributed by atoms with van der Waals surface area (Å²) in [5, 5.41) is 3.57. The summed E-state index contributed by atoms with van der Waals surface area (Å²) in [6.45, 7) is 4.06. The Hall–Kier alpha value is -1.47. The molecule has 1 atom stereocenters. The average Bonchev–Trinajstić information content (AvgIpc) is 2.76. The summed E-state index contributed by atoms with van der Waals surface area (Å²) in [5.41, 5.74) is 1.52. The Kier molecular flexibility index (Phi) is 5.52. The maximum Gasteiger partial charge on any atom is 0.404 e. The lowest BCUT2D eigenvalue weighted by atomic mass is 10.1. The van der Waals surface area contributed by atoms with E-state index in [1.165, 1.54) is 23.7 Å². The molecule has 120 valence electrons. The Morgan fingerprint density at radius 3 is 2.45 bits per heavy atom. The number of alkyl halides is 3. The first-order valence-electron chi connectivity index (χ1n) is 6.98. The summed E-state index contributed by atoms with van der Waals surface area (Å²) in [6.07, 6.45) is -0.798. The molecular weight excluding hydrogens is 311 g/mol. The summed E-state index contributed by atoms with van der Waals surface area (Å²) in [7, 11) is 0. The normalized spacial score (nSPS) is 13.3. The highest BCUT2D eigenvalue weighted by Crippen LogP contribution is 2.23. The van der Waals surface area contributed by atoms with Gasteiger partial charge in [-0.05, 0) is 44.4 Å². The summed E-state index contributed by atoms with van der Waals surface area (Å²) in [5.74, 6) is 0. The summed E-state index contributed by atoms with van der Waals surface area (Å²) in [4.78, 5) is 9.15. The number of hydrogen-bond donors (Lipinski definition) is 1. The zero-order valence-electron chi connectivity index (χ0n) is 12.4. The van der Waals surface area contributed by atoms with E-state index in [0.717, 1.165) is 15.6 Å². The highest BCUT2D eigenvalue weighted by molar-refractivity contribution is 7.11. The third-order valence-electron chi connectivity index (χ3n) is 3.33. The first-order valence-corrected chi connectivity index (χ1v) is 7.80. The van der Waals surface area contributed by atoms with E-state index in [1.54, 1.807) is 12.1 Å². The maximum atomic E-state index is 13.1. The molecule has 0 aliphatic carbocycles. The van der Waals surface area contributed by atoms with Crippen LogP contribution >= 0.6 is 11.3 Å². The molecule has 0 aromatic carbocycles. The van der Waals surface area contributed by atoms with Gasteiger partial charge in [0, 0.05) is 23.8 Å². The molecule has 0 radical (unpaired) electrons. The average molecular weight is 329 g/mol. The van der Waals surface area contributed by atoms with E-state index >= 15 is 0 Å². The Balaban J connectivity index is 1.94. The van der Waals surface area contributed by atoms with Crippen LogP contribution in [0.4, 0.5) is 13.2 Å². The van der Waals surface area contributed by atoms with Crippen LogP contribution in [0.15, 0.2) is 24.5 Å². The second kappa shape index (κ2) is 7.19. The number of thiazole rings is 1. The third-order valence-corrected chi connectivity index (χ3v) is 4.46. The minimum Gasteiger partial charge on any atom is -0.306 e. The van der Waals surface area contributed by atoms with Crippen molar-refractivity contribution < 1.29 is 13.2 Å². The van der Waals surface area contributed by atoms with E-state index in [9.17, 15) is 13.2 Å². The van der Waals surface area contributed by atoms with Crippen molar-refractivity contribution in [1.82, 2.24) is 15.3 Å². The van der Waals surface area contributed by atoms with Crippen LogP contribution in [0.2, 0.25) is 0 Å². The maximum absolute atomic E-state index is 13.1. The van der Waals surface area contributed by atoms with Crippen molar-refractivity contribution in [2.75, 3.05) is 6.54 Å².